The Bertz CT molecular complexity index is 357. The number of hydrogen-bond donors (Lipinski definition) is 0. The summed E-state index contributed by atoms with van der Waals surface area (Å²) in [7, 11) is 0. The summed E-state index contributed by atoms with van der Waals surface area (Å²) in [6.07, 6.45) is 0.474. The normalized spacial score (nSPS) is 12.6. The number of alkyl halides is 1. The van der Waals surface area contributed by atoms with E-state index in [4.69, 9.17) is 11.6 Å². The lowest BCUT2D eigenvalue weighted by Crippen LogP contribution is -2.06. The maximum atomic E-state index is 13.2. The van der Waals surface area contributed by atoms with Gasteiger partial charge in [-0.15, -0.1) is 11.6 Å². The van der Waals surface area contributed by atoms with Crippen LogP contribution in [0.2, 0.25) is 0 Å². The zero-order valence-corrected chi connectivity index (χ0v) is 9.28. The third-order valence-corrected chi connectivity index (χ3v) is 2.52. The highest BCUT2D eigenvalue weighted by Gasteiger charge is 2.11. The molecule has 0 amide bonds. The van der Waals surface area contributed by atoms with Crippen molar-refractivity contribution in [2.45, 2.75) is 11.8 Å². The third kappa shape index (κ3) is 2.75. The molecule has 0 fully saturated rings. The first-order valence-electron chi connectivity index (χ1n) is 3.77. The Morgan fingerprint density at radius 1 is 1.43 bits per heavy atom. The highest BCUT2D eigenvalue weighted by molar-refractivity contribution is 9.10. The first-order valence-corrected chi connectivity index (χ1v) is 5.00. The number of aldehydes is 1. The fourth-order valence-electron chi connectivity index (χ4n) is 0.978. The van der Waals surface area contributed by atoms with Crippen LogP contribution < -0.4 is 0 Å². The smallest absolute Gasteiger partial charge is 0.138 e. The maximum absolute atomic E-state index is 13.2. The van der Waals surface area contributed by atoms with Crippen LogP contribution in [-0.4, -0.2) is 11.7 Å². The number of hydrogen-bond acceptors (Lipinski definition) is 1. The van der Waals surface area contributed by atoms with Gasteiger partial charge in [-0.1, -0.05) is 0 Å². The van der Waals surface area contributed by atoms with E-state index in [0.29, 0.717) is 6.29 Å². The summed E-state index contributed by atoms with van der Waals surface area (Å²) >= 11 is 8.34. The number of halogens is 4. The van der Waals surface area contributed by atoms with E-state index in [1.807, 2.05) is 0 Å². The Labute approximate surface area is 93.2 Å². The Balaban J connectivity index is 2.97. The molecular formula is C9H6BrClF2O. The quantitative estimate of drug-likeness (QED) is 0.473. The molecule has 5 heteroatoms. The average Bonchev–Trinajstić information content (AvgIpc) is 2.14. The Morgan fingerprint density at radius 2 is 2.07 bits per heavy atom. The monoisotopic (exact) mass is 282 g/mol. The summed E-state index contributed by atoms with van der Waals surface area (Å²) in [6, 6.07) is 2.04. The van der Waals surface area contributed by atoms with E-state index in [9.17, 15) is 13.6 Å². The van der Waals surface area contributed by atoms with Gasteiger partial charge in [0.15, 0.2) is 0 Å². The molecule has 0 aromatic heterocycles. The van der Waals surface area contributed by atoms with Crippen molar-refractivity contribution >= 4 is 33.8 Å². The fraction of sp³-hybridized carbons (Fsp3) is 0.222. The van der Waals surface area contributed by atoms with Crippen molar-refractivity contribution in [3.8, 4) is 0 Å². The molecule has 76 valence electrons. The lowest BCUT2D eigenvalue weighted by atomic mass is 10.1. The molecule has 14 heavy (non-hydrogen) atoms. The van der Waals surface area contributed by atoms with Crippen LogP contribution in [0.4, 0.5) is 8.78 Å². The van der Waals surface area contributed by atoms with Gasteiger partial charge >= 0.3 is 0 Å². The second kappa shape index (κ2) is 4.84. The summed E-state index contributed by atoms with van der Waals surface area (Å²) in [6.45, 7) is 0. The number of carbonyl (C=O) groups is 1. The van der Waals surface area contributed by atoms with Gasteiger partial charge in [-0.2, -0.15) is 0 Å². The summed E-state index contributed by atoms with van der Waals surface area (Å²) < 4.78 is 26.2. The van der Waals surface area contributed by atoms with E-state index >= 15 is 0 Å². The molecule has 1 aromatic rings. The molecule has 0 bridgehead atoms. The van der Waals surface area contributed by atoms with Crippen molar-refractivity contribution in [3.05, 3.63) is 33.8 Å². The number of benzene rings is 1. The van der Waals surface area contributed by atoms with Crippen LogP contribution in [0.5, 0.6) is 0 Å². The molecule has 0 saturated carbocycles. The molecule has 0 radical (unpaired) electrons. The Morgan fingerprint density at radius 3 is 2.64 bits per heavy atom. The summed E-state index contributed by atoms with van der Waals surface area (Å²) in [5.41, 5.74) is 0.0952. The zero-order valence-electron chi connectivity index (χ0n) is 6.94. The van der Waals surface area contributed by atoms with Gasteiger partial charge in [0.1, 0.15) is 17.9 Å². The van der Waals surface area contributed by atoms with E-state index in [1.54, 1.807) is 0 Å². The second-order valence-corrected chi connectivity index (χ2v) is 4.13. The molecule has 1 aromatic carbocycles. The Hall–Kier alpha value is -0.480. The molecule has 1 nitrogen and oxygen atoms in total. The van der Waals surface area contributed by atoms with Crippen molar-refractivity contribution in [2.24, 2.45) is 0 Å². The minimum atomic E-state index is -0.829. The SMILES string of the molecule is O=CC(Cl)Cc1cc(F)c(Br)cc1F. The predicted octanol–water partition coefficient (Wildman–Crippen LogP) is 3.08. The molecule has 0 aliphatic heterocycles. The highest BCUT2D eigenvalue weighted by Crippen LogP contribution is 2.21. The van der Waals surface area contributed by atoms with Crippen LogP contribution in [0, 0.1) is 11.6 Å². The first-order chi connectivity index (χ1) is 6.54. The van der Waals surface area contributed by atoms with Gasteiger partial charge in [-0.25, -0.2) is 8.78 Å². The molecule has 0 saturated heterocycles. The lowest BCUT2D eigenvalue weighted by molar-refractivity contribution is -0.107. The van der Waals surface area contributed by atoms with Gasteiger partial charge in [-0.3, -0.25) is 0 Å². The van der Waals surface area contributed by atoms with Gasteiger partial charge in [0.25, 0.3) is 0 Å². The minimum Gasteiger partial charge on any atom is -0.302 e. The van der Waals surface area contributed by atoms with Crippen LogP contribution >= 0.6 is 27.5 Å². The van der Waals surface area contributed by atoms with Gasteiger partial charge in [0, 0.05) is 0 Å². The molecule has 1 atom stereocenters. The van der Waals surface area contributed by atoms with Gasteiger partial charge in [-0.05, 0) is 40.0 Å². The zero-order chi connectivity index (χ0) is 10.7. The standard InChI is InChI=1S/C9H6BrClF2O/c10-7-3-8(12)5(2-9(7)13)1-6(11)4-14/h2-4,6H,1H2. The predicted molar refractivity (Wildman–Crippen MR) is 53.5 cm³/mol. The van der Waals surface area contributed by atoms with Crippen molar-refractivity contribution < 1.29 is 13.6 Å². The van der Waals surface area contributed by atoms with Crippen molar-refractivity contribution in [3.63, 3.8) is 0 Å². The first kappa shape index (κ1) is 11.6. The summed E-state index contributed by atoms with van der Waals surface area (Å²) in [4.78, 5) is 10.2. The third-order valence-electron chi connectivity index (χ3n) is 1.65. The largest absolute Gasteiger partial charge is 0.302 e. The summed E-state index contributed by atoms with van der Waals surface area (Å²) in [5.74, 6) is -1.15. The van der Waals surface area contributed by atoms with E-state index in [0.717, 1.165) is 12.1 Å². The minimum absolute atomic E-state index is 0.0128. The lowest BCUT2D eigenvalue weighted by Gasteiger charge is -2.05. The van der Waals surface area contributed by atoms with E-state index < -0.39 is 17.0 Å². The van der Waals surface area contributed by atoms with E-state index in [1.165, 1.54) is 0 Å². The molecule has 0 heterocycles. The number of carbonyl (C=O) groups excluding carboxylic acids is 1. The van der Waals surface area contributed by atoms with Crippen molar-refractivity contribution in [1.82, 2.24) is 0 Å². The summed E-state index contributed by atoms with van der Waals surface area (Å²) in [5, 5.41) is -0.829. The van der Waals surface area contributed by atoms with Crippen LogP contribution in [0.25, 0.3) is 0 Å². The van der Waals surface area contributed by atoms with Crippen LogP contribution in [-0.2, 0) is 11.2 Å². The van der Waals surface area contributed by atoms with Crippen molar-refractivity contribution in [1.29, 1.82) is 0 Å². The molecule has 1 rings (SSSR count). The average molecular weight is 283 g/mol. The second-order valence-electron chi connectivity index (χ2n) is 2.71. The van der Waals surface area contributed by atoms with E-state index in [-0.39, 0.29) is 16.5 Å². The molecule has 0 aliphatic carbocycles. The van der Waals surface area contributed by atoms with Gasteiger partial charge < -0.3 is 4.79 Å². The van der Waals surface area contributed by atoms with E-state index in [2.05, 4.69) is 15.9 Å². The molecule has 0 aliphatic rings. The van der Waals surface area contributed by atoms with Crippen LogP contribution in [0.15, 0.2) is 16.6 Å². The molecule has 0 spiro atoms. The topological polar surface area (TPSA) is 17.1 Å². The number of rotatable bonds is 3. The fourth-order valence-corrected chi connectivity index (χ4v) is 1.46. The van der Waals surface area contributed by atoms with Crippen molar-refractivity contribution in [2.75, 3.05) is 0 Å². The maximum Gasteiger partial charge on any atom is 0.138 e. The molecule has 0 N–H and O–H groups in total. The Kier molecular flexibility index (Phi) is 4.01. The van der Waals surface area contributed by atoms with Gasteiger partial charge in [0.2, 0.25) is 0 Å². The molecule has 1 unspecified atom stereocenters. The highest BCUT2D eigenvalue weighted by atomic mass is 79.9. The molecular weight excluding hydrogens is 277 g/mol. The van der Waals surface area contributed by atoms with Crippen LogP contribution in [0.3, 0.4) is 0 Å². The van der Waals surface area contributed by atoms with Crippen LogP contribution in [0.1, 0.15) is 5.56 Å². The van der Waals surface area contributed by atoms with Gasteiger partial charge in [0.05, 0.1) is 9.85 Å².